The molecule has 0 spiro atoms. The highest BCUT2D eigenvalue weighted by Crippen LogP contribution is 2.40. The molecule has 160 valence electrons. The lowest BCUT2D eigenvalue weighted by molar-refractivity contribution is -0.140. The first-order chi connectivity index (χ1) is 13.8. The van der Waals surface area contributed by atoms with E-state index in [1.54, 1.807) is 6.07 Å². The zero-order valence-corrected chi connectivity index (χ0v) is 17.3. The summed E-state index contributed by atoms with van der Waals surface area (Å²) in [6.45, 7) is 2.85. The van der Waals surface area contributed by atoms with Crippen LogP contribution in [0.3, 0.4) is 0 Å². The molecule has 2 rings (SSSR count). The van der Waals surface area contributed by atoms with Crippen LogP contribution < -0.4 is 24.8 Å². The van der Waals surface area contributed by atoms with Gasteiger partial charge in [-0.3, -0.25) is 0 Å². The summed E-state index contributed by atoms with van der Waals surface area (Å²) in [7, 11) is 4.57. The van der Waals surface area contributed by atoms with Gasteiger partial charge in [0.05, 0.1) is 34.4 Å². The SMILES string of the molecule is CCNC(=NCc1ccc(OC)c(OC)c1OC)NCc1nc(C(F)(F)F)cs1. The molecule has 0 fully saturated rings. The topological polar surface area (TPSA) is 77.0 Å². The van der Waals surface area contributed by atoms with E-state index in [1.165, 1.54) is 21.3 Å². The van der Waals surface area contributed by atoms with Crippen LogP contribution in [-0.2, 0) is 19.3 Å². The van der Waals surface area contributed by atoms with Crippen molar-refractivity contribution < 1.29 is 27.4 Å². The van der Waals surface area contributed by atoms with E-state index in [1.807, 2.05) is 13.0 Å². The zero-order chi connectivity index (χ0) is 21.4. The summed E-state index contributed by atoms with van der Waals surface area (Å²) >= 11 is 0.939. The zero-order valence-electron chi connectivity index (χ0n) is 16.5. The average molecular weight is 432 g/mol. The molecule has 0 aliphatic carbocycles. The van der Waals surface area contributed by atoms with Crippen LogP contribution in [0.25, 0.3) is 0 Å². The lowest BCUT2D eigenvalue weighted by Crippen LogP contribution is -2.36. The summed E-state index contributed by atoms with van der Waals surface area (Å²) < 4.78 is 54.1. The van der Waals surface area contributed by atoms with Gasteiger partial charge in [-0.2, -0.15) is 13.2 Å². The molecule has 1 aromatic carbocycles. The van der Waals surface area contributed by atoms with Crippen molar-refractivity contribution in [1.29, 1.82) is 0 Å². The normalized spacial score (nSPS) is 11.9. The molecule has 0 unspecified atom stereocenters. The predicted octanol–water partition coefficient (Wildman–Crippen LogP) is 3.44. The smallest absolute Gasteiger partial charge is 0.434 e. The first-order valence-electron chi connectivity index (χ1n) is 8.65. The van der Waals surface area contributed by atoms with Gasteiger partial charge in [-0.15, -0.1) is 11.3 Å². The number of alkyl halides is 3. The maximum atomic E-state index is 12.7. The third-order valence-corrected chi connectivity index (χ3v) is 4.64. The van der Waals surface area contributed by atoms with Gasteiger partial charge in [0.2, 0.25) is 5.75 Å². The molecule has 0 amide bonds. The number of methoxy groups -OCH3 is 3. The van der Waals surface area contributed by atoms with Crippen LogP contribution in [0.5, 0.6) is 17.2 Å². The van der Waals surface area contributed by atoms with Crippen molar-refractivity contribution in [3.8, 4) is 17.2 Å². The number of nitrogens with one attached hydrogen (secondary N) is 2. The fraction of sp³-hybridized carbons (Fsp3) is 0.444. The van der Waals surface area contributed by atoms with Gasteiger partial charge in [0.25, 0.3) is 0 Å². The van der Waals surface area contributed by atoms with Gasteiger partial charge in [0, 0.05) is 17.5 Å². The quantitative estimate of drug-likeness (QED) is 0.492. The molecule has 11 heteroatoms. The summed E-state index contributed by atoms with van der Waals surface area (Å²) in [5.41, 5.74) is -0.132. The molecule has 0 radical (unpaired) electrons. The van der Waals surface area contributed by atoms with E-state index in [-0.39, 0.29) is 13.1 Å². The van der Waals surface area contributed by atoms with Gasteiger partial charge in [0.15, 0.2) is 23.2 Å². The number of halogens is 3. The maximum absolute atomic E-state index is 12.7. The minimum atomic E-state index is -4.45. The number of aromatic nitrogens is 1. The molecular formula is C18H23F3N4O3S. The van der Waals surface area contributed by atoms with E-state index in [2.05, 4.69) is 20.6 Å². The molecule has 0 aliphatic heterocycles. The standard InChI is InChI=1S/C18H23F3N4O3S/c1-5-22-17(24-9-14-25-13(10-29-14)18(19,20)21)23-8-11-6-7-12(26-2)16(28-4)15(11)27-3/h6-7,10H,5,8-9H2,1-4H3,(H2,22,23,24). The molecule has 0 saturated heterocycles. The summed E-state index contributed by atoms with van der Waals surface area (Å²) in [6, 6.07) is 3.56. The van der Waals surface area contributed by atoms with Crippen LogP contribution in [0.4, 0.5) is 13.2 Å². The molecule has 0 saturated carbocycles. The Bertz CT molecular complexity index is 840. The van der Waals surface area contributed by atoms with Crippen LogP contribution in [0.15, 0.2) is 22.5 Å². The van der Waals surface area contributed by atoms with E-state index < -0.39 is 11.9 Å². The monoisotopic (exact) mass is 432 g/mol. The van der Waals surface area contributed by atoms with Crippen LogP contribution >= 0.6 is 11.3 Å². The van der Waals surface area contributed by atoms with Gasteiger partial charge in [-0.05, 0) is 19.1 Å². The fourth-order valence-corrected chi connectivity index (χ4v) is 3.22. The molecule has 2 aromatic rings. The number of benzene rings is 1. The number of hydrogen-bond acceptors (Lipinski definition) is 6. The number of thiazole rings is 1. The predicted molar refractivity (Wildman–Crippen MR) is 105 cm³/mol. The first kappa shape index (κ1) is 22.6. The summed E-state index contributed by atoms with van der Waals surface area (Å²) in [5.74, 6) is 1.93. The van der Waals surface area contributed by atoms with Crippen molar-refractivity contribution in [3.63, 3.8) is 0 Å². The minimum Gasteiger partial charge on any atom is -0.493 e. The maximum Gasteiger partial charge on any atom is 0.434 e. The molecule has 29 heavy (non-hydrogen) atoms. The number of rotatable bonds is 8. The second-order valence-corrected chi connectivity index (χ2v) is 6.61. The lowest BCUT2D eigenvalue weighted by atomic mass is 10.1. The van der Waals surface area contributed by atoms with Crippen molar-refractivity contribution >= 4 is 17.3 Å². The van der Waals surface area contributed by atoms with Crippen LogP contribution in [0, 0.1) is 0 Å². The van der Waals surface area contributed by atoms with Crippen molar-refractivity contribution in [2.45, 2.75) is 26.2 Å². The Morgan fingerprint density at radius 1 is 1.10 bits per heavy atom. The highest BCUT2D eigenvalue weighted by molar-refractivity contribution is 7.09. The van der Waals surface area contributed by atoms with Crippen molar-refractivity contribution in [3.05, 3.63) is 33.8 Å². The second kappa shape index (κ2) is 10.2. The largest absolute Gasteiger partial charge is 0.493 e. The Morgan fingerprint density at radius 2 is 1.83 bits per heavy atom. The molecule has 2 N–H and O–H groups in total. The Morgan fingerprint density at radius 3 is 2.38 bits per heavy atom. The number of guanidine groups is 1. The van der Waals surface area contributed by atoms with E-state index in [4.69, 9.17) is 14.2 Å². The average Bonchev–Trinajstić information content (AvgIpc) is 3.18. The summed E-state index contributed by atoms with van der Waals surface area (Å²) in [4.78, 5) is 8.07. The molecule has 0 aliphatic rings. The second-order valence-electron chi connectivity index (χ2n) is 5.67. The van der Waals surface area contributed by atoms with E-state index >= 15 is 0 Å². The third kappa shape index (κ3) is 5.89. The van der Waals surface area contributed by atoms with E-state index in [0.717, 1.165) is 22.3 Å². The minimum absolute atomic E-state index is 0.121. The highest BCUT2D eigenvalue weighted by atomic mass is 32.1. The Balaban J connectivity index is 2.14. The summed E-state index contributed by atoms with van der Waals surface area (Å²) in [5, 5.41) is 7.34. The van der Waals surface area contributed by atoms with Gasteiger partial charge in [0.1, 0.15) is 5.01 Å². The number of hydrogen-bond donors (Lipinski definition) is 2. The van der Waals surface area contributed by atoms with Gasteiger partial charge in [-0.25, -0.2) is 9.98 Å². The lowest BCUT2D eigenvalue weighted by Gasteiger charge is -2.15. The van der Waals surface area contributed by atoms with Gasteiger partial charge >= 0.3 is 6.18 Å². The fourth-order valence-electron chi connectivity index (χ4n) is 2.48. The molecule has 1 aromatic heterocycles. The molecule has 0 bridgehead atoms. The molecular weight excluding hydrogens is 409 g/mol. The first-order valence-corrected chi connectivity index (χ1v) is 9.53. The van der Waals surface area contributed by atoms with Crippen molar-refractivity contribution in [2.24, 2.45) is 4.99 Å². The van der Waals surface area contributed by atoms with Gasteiger partial charge < -0.3 is 24.8 Å². The highest BCUT2D eigenvalue weighted by Gasteiger charge is 2.33. The summed E-state index contributed by atoms with van der Waals surface area (Å²) in [6.07, 6.45) is -4.45. The number of aliphatic imine (C=N–C) groups is 1. The van der Waals surface area contributed by atoms with E-state index in [9.17, 15) is 13.2 Å². The van der Waals surface area contributed by atoms with Crippen molar-refractivity contribution in [2.75, 3.05) is 27.9 Å². The number of ether oxygens (including phenoxy) is 3. The number of nitrogens with zero attached hydrogens (tertiary/aromatic N) is 2. The Hall–Kier alpha value is -2.69. The Kier molecular flexibility index (Phi) is 7.94. The molecule has 0 atom stereocenters. The van der Waals surface area contributed by atoms with Gasteiger partial charge in [-0.1, -0.05) is 0 Å². The third-order valence-electron chi connectivity index (χ3n) is 3.79. The van der Waals surface area contributed by atoms with Crippen LogP contribution in [0.2, 0.25) is 0 Å². The molecule has 7 nitrogen and oxygen atoms in total. The van der Waals surface area contributed by atoms with Crippen LogP contribution in [0.1, 0.15) is 23.2 Å². The van der Waals surface area contributed by atoms with E-state index in [0.29, 0.717) is 34.8 Å². The van der Waals surface area contributed by atoms with Crippen LogP contribution in [-0.4, -0.2) is 38.8 Å². The van der Waals surface area contributed by atoms with Crippen molar-refractivity contribution in [1.82, 2.24) is 15.6 Å². The molecule has 1 heterocycles. The Labute approximate surface area is 170 Å².